The smallest absolute Gasteiger partial charge is 0.240 e. The highest BCUT2D eigenvalue weighted by Gasteiger charge is 2.53. The van der Waals surface area contributed by atoms with Gasteiger partial charge in [-0.25, -0.2) is 16.8 Å². The van der Waals surface area contributed by atoms with E-state index in [1.165, 1.54) is 16.4 Å². The van der Waals surface area contributed by atoms with Crippen LogP contribution in [0.5, 0.6) is 0 Å². The molecular formula is C17H25N3O6S2. The Hall–Kier alpha value is -1.69. The second kappa shape index (κ2) is 7.62. The predicted octanol–water partition coefficient (Wildman–Crippen LogP) is -0.424. The predicted molar refractivity (Wildman–Crippen MR) is 104 cm³/mol. The van der Waals surface area contributed by atoms with Gasteiger partial charge in [-0.3, -0.25) is 4.79 Å². The molecule has 11 heteroatoms. The van der Waals surface area contributed by atoms with Crippen molar-refractivity contribution in [3.8, 4) is 0 Å². The Bertz CT molecular complexity index is 930. The van der Waals surface area contributed by atoms with Gasteiger partial charge in [0.15, 0.2) is 14.6 Å². The van der Waals surface area contributed by atoms with Crippen molar-refractivity contribution in [2.75, 3.05) is 50.5 Å². The van der Waals surface area contributed by atoms with Crippen LogP contribution < -0.4 is 10.6 Å². The van der Waals surface area contributed by atoms with Crippen molar-refractivity contribution in [3.63, 3.8) is 0 Å². The van der Waals surface area contributed by atoms with Crippen LogP contribution in [0.2, 0.25) is 0 Å². The minimum Gasteiger partial charge on any atom is -0.381 e. The van der Waals surface area contributed by atoms with Crippen LogP contribution >= 0.6 is 0 Å². The van der Waals surface area contributed by atoms with Gasteiger partial charge in [-0.1, -0.05) is 0 Å². The number of sulfonamides is 1. The molecule has 0 bridgehead atoms. The number of rotatable bonds is 5. The van der Waals surface area contributed by atoms with Gasteiger partial charge in [0.2, 0.25) is 15.9 Å². The van der Waals surface area contributed by atoms with Crippen LogP contribution in [0.15, 0.2) is 29.2 Å². The first kappa shape index (κ1) is 21.0. The van der Waals surface area contributed by atoms with Crippen LogP contribution in [-0.2, 0) is 29.4 Å². The molecule has 0 saturated carbocycles. The van der Waals surface area contributed by atoms with E-state index in [1.54, 1.807) is 12.1 Å². The van der Waals surface area contributed by atoms with Crippen molar-refractivity contribution in [3.05, 3.63) is 24.3 Å². The van der Waals surface area contributed by atoms with Crippen molar-refractivity contribution in [2.45, 2.75) is 22.5 Å². The van der Waals surface area contributed by atoms with Crippen molar-refractivity contribution in [1.29, 1.82) is 0 Å². The summed E-state index contributed by atoms with van der Waals surface area (Å²) in [7, 11) is -7.17. The molecule has 0 atom stereocenters. The van der Waals surface area contributed by atoms with Gasteiger partial charge in [0.25, 0.3) is 0 Å². The Morgan fingerprint density at radius 2 is 1.54 bits per heavy atom. The summed E-state index contributed by atoms with van der Waals surface area (Å²) in [5.41, 5.74) is 6.32. The molecule has 1 aromatic rings. The summed E-state index contributed by atoms with van der Waals surface area (Å²) in [6, 6.07) is 6.50. The molecule has 1 aromatic carbocycles. The Morgan fingerprint density at radius 3 is 2.00 bits per heavy atom. The highest BCUT2D eigenvalue weighted by Crippen LogP contribution is 2.33. The number of ether oxygens (including phenoxy) is 1. The topological polar surface area (TPSA) is 127 Å². The average Bonchev–Trinajstić information content (AvgIpc) is 2.68. The number of nitrogens with two attached hydrogens (primary N) is 1. The number of piperazine rings is 1. The molecule has 2 fully saturated rings. The molecule has 28 heavy (non-hydrogen) atoms. The number of carbonyl (C=O) groups excluding carboxylic acids is 1. The van der Waals surface area contributed by atoms with Crippen LogP contribution in [0.1, 0.15) is 12.8 Å². The van der Waals surface area contributed by atoms with Gasteiger partial charge in [0.1, 0.15) is 0 Å². The summed E-state index contributed by atoms with van der Waals surface area (Å²) in [5, 5.41) is 0. The third-order valence-corrected chi connectivity index (χ3v) is 9.22. The third-order valence-electron chi connectivity index (χ3n) is 5.45. The Labute approximate surface area is 165 Å². The number of benzene rings is 1. The number of hydrogen-bond donors (Lipinski definition) is 1. The quantitative estimate of drug-likeness (QED) is 0.670. The fourth-order valence-corrected chi connectivity index (χ4v) is 6.38. The maximum Gasteiger partial charge on any atom is 0.240 e. The summed E-state index contributed by atoms with van der Waals surface area (Å²) in [5.74, 6) is -0.824. The molecule has 0 spiro atoms. The van der Waals surface area contributed by atoms with Gasteiger partial charge in [0, 0.05) is 64.2 Å². The number of amides is 1. The van der Waals surface area contributed by atoms with Crippen LogP contribution in [-0.4, -0.2) is 77.4 Å². The van der Waals surface area contributed by atoms with E-state index in [0.29, 0.717) is 13.1 Å². The highest BCUT2D eigenvalue weighted by atomic mass is 32.2. The van der Waals surface area contributed by atoms with Crippen LogP contribution in [0.3, 0.4) is 0 Å². The average molecular weight is 432 g/mol. The number of anilines is 1. The molecule has 1 amide bonds. The molecule has 2 N–H and O–H groups in total. The maximum absolute atomic E-state index is 13.2. The fraction of sp³-hybridized carbons (Fsp3) is 0.588. The lowest BCUT2D eigenvalue weighted by molar-refractivity contribution is -0.123. The molecule has 0 aromatic heterocycles. The van der Waals surface area contributed by atoms with Crippen LogP contribution in [0, 0.1) is 0 Å². The number of sulfone groups is 1. The molecule has 2 heterocycles. The number of hydrogen-bond acceptors (Lipinski definition) is 7. The van der Waals surface area contributed by atoms with Crippen LogP contribution in [0.25, 0.3) is 0 Å². The van der Waals surface area contributed by atoms with E-state index >= 15 is 0 Å². The van der Waals surface area contributed by atoms with E-state index in [2.05, 4.69) is 0 Å². The van der Waals surface area contributed by atoms with E-state index in [4.69, 9.17) is 10.5 Å². The van der Waals surface area contributed by atoms with Gasteiger partial charge in [-0.15, -0.1) is 0 Å². The Balaban J connectivity index is 1.73. The van der Waals surface area contributed by atoms with Crippen molar-refractivity contribution >= 4 is 31.5 Å². The normalized spacial score (nSPS) is 21.4. The van der Waals surface area contributed by atoms with Gasteiger partial charge in [-0.2, -0.15) is 4.31 Å². The zero-order valence-corrected chi connectivity index (χ0v) is 17.3. The summed E-state index contributed by atoms with van der Waals surface area (Å²) in [4.78, 5) is 14.3. The summed E-state index contributed by atoms with van der Waals surface area (Å²) < 4.78 is 54.5. The molecule has 2 aliphatic heterocycles. The van der Waals surface area contributed by atoms with Crippen molar-refractivity contribution in [2.24, 2.45) is 5.73 Å². The van der Waals surface area contributed by atoms with E-state index in [1.807, 2.05) is 4.90 Å². The minimum atomic E-state index is -3.90. The summed E-state index contributed by atoms with van der Waals surface area (Å²) in [6.45, 7) is 1.70. The highest BCUT2D eigenvalue weighted by molar-refractivity contribution is 7.91. The van der Waals surface area contributed by atoms with E-state index in [-0.39, 0.29) is 44.0 Å². The van der Waals surface area contributed by atoms with Gasteiger partial charge >= 0.3 is 0 Å². The lowest BCUT2D eigenvalue weighted by atomic mass is 9.98. The Morgan fingerprint density at radius 1 is 1.00 bits per heavy atom. The Kier molecular flexibility index (Phi) is 5.72. The lowest BCUT2D eigenvalue weighted by Gasteiger charge is -2.41. The van der Waals surface area contributed by atoms with Crippen molar-refractivity contribution < 1.29 is 26.4 Å². The first-order valence-corrected chi connectivity index (χ1v) is 12.3. The van der Waals surface area contributed by atoms with Crippen molar-refractivity contribution in [1.82, 2.24) is 4.31 Å². The fourth-order valence-electron chi connectivity index (χ4n) is 3.67. The number of nitrogens with zero attached hydrogens (tertiary/aromatic N) is 2. The molecule has 0 aliphatic carbocycles. The van der Waals surface area contributed by atoms with Gasteiger partial charge in [-0.05, 0) is 24.3 Å². The van der Waals surface area contributed by atoms with E-state index in [0.717, 1.165) is 11.9 Å². The molecule has 2 saturated heterocycles. The second-order valence-corrected chi connectivity index (χ2v) is 11.4. The largest absolute Gasteiger partial charge is 0.381 e. The molecule has 0 unspecified atom stereocenters. The summed E-state index contributed by atoms with van der Waals surface area (Å²) >= 11 is 0. The zero-order chi connectivity index (χ0) is 20.6. The SMILES string of the molecule is CS(=O)(=O)c1ccc(N2CCN(S(=O)(=O)C3(C(N)=O)CCOCC3)CC2)cc1. The number of primary amides is 1. The standard InChI is InChI=1S/C17H25N3O6S2/c1-27(22,23)15-4-2-14(3-5-15)19-8-10-20(11-9-19)28(24,25)17(16(18)21)6-12-26-13-7-17/h2-5H,6-13H2,1H3,(H2,18,21). The molecule has 156 valence electrons. The monoisotopic (exact) mass is 431 g/mol. The first-order valence-electron chi connectivity index (χ1n) is 9.00. The van der Waals surface area contributed by atoms with E-state index in [9.17, 15) is 21.6 Å². The first-order chi connectivity index (χ1) is 13.1. The molecule has 0 radical (unpaired) electrons. The van der Waals surface area contributed by atoms with Gasteiger partial charge in [0.05, 0.1) is 4.90 Å². The maximum atomic E-state index is 13.2. The second-order valence-electron chi connectivity index (χ2n) is 7.13. The van der Waals surface area contributed by atoms with Crippen LogP contribution in [0.4, 0.5) is 5.69 Å². The summed E-state index contributed by atoms with van der Waals surface area (Å²) in [6.07, 6.45) is 1.28. The third kappa shape index (κ3) is 3.76. The minimum absolute atomic E-state index is 0.0673. The molecule has 3 rings (SSSR count). The van der Waals surface area contributed by atoms with Gasteiger partial charge < -0.3 is 15.4 Å². The van der Waals surface area contributed by atoms with E-state index < -0.39 is 30.5 Å². The lowest BCUT2D eigenvalue weighted by Crippen LogP contribution is -2.61. The zero-order valence-electron chi connectivity index (χ0n) is 15.7. The molecule has 2 aliphatic rings. The number of carbonyl (C=O) groups is 1. The molecule has 9 nitrogen and oxygen atoms in total. The molecular weight excluding hydrogens is 406 g/mol.